The molecular weight excluding hydrogens is 406 g/mol. The van der Waals surface area contributed by atoms with Gasteiger partial charge < -0.3 is 15.0 Å². The van der Waals surface area contributed by atoms with Crippen LogP contribution in [0.3, 0.4) is 0 Å². The fourth-order valence-corrected chi connectivity index (χ4v) is 5.91. The zero-order chi connectivity index (χ0) is 21.3. The minimum absolute atomic E-state index is 0.112. The highest BCUT2D eigenvalue weighted by molar-refractivity contribution is 7.89. The second-order valence-electron chi connectivity index (χ2n) is 8.38. The molecule has 0 unspecified atom stereocenters. The molecule has 8 nitrogen and oxygen atoms in total. The van der Waals surface area contributed by atoms with Crippen molar-refractivity contribution in [1.82, 2.24) is 9.21 Å². The van der Waals surface area contributed by atoms with Crippen LogP contribution in [0, 0.1) is 5.92 Å². The number of piperazine rings is 1. The topological polar surface area (TPSA) is 96.0 Å². The zero-order valence-electron chi connectivity index (χ0n) is 17.3. The Kier molecular flexibility index (Phi) is 6.02. The van der Waals surface area contributed by atoms with Gasteiger partial charge in [-0.25, -0.2) is 8.42 Å². The Hall–Kier alpha value is -2.13. The number of ether oxygens (including phenoxy) is 1. The third-order valence-electron chi connectivity index (χ3n) is 6.35. The van der Waals surface area contributed by atoms with Crippen LogP contribution in [-0.2, 0) is 19.6 Å². The van der Waals surface area contributed by atoms with Crippen molar-refractivity contribution < 1.29 is 22.7 Å². The van der Waals surface area contributed by atoms with Crippen molar-refractivity contribution in [2.75, 3.05) is 31.5 Å². The van der Waals surface area contributed by atoms with Crippen molar-refractivity contribution in [2.24, 2.45) is 5.92 Å². The maximum atomic E-state index is 13.1. The van der Waals surface area contributed by atoms with Gasteiger partial charge in [0, 0.05) is 32.6 Å². The van der Waals surface area contributed by atoms with Gasteiger partial charge in [0.15, 0.2) is 6.10 Å². The number of rotatable bonds is 5. The number of fused-ring (bicyclic) bond motifs is 1. The zero-order valence-corrected chi connectivity index (χ0v) is 18.1. The van der Waals surface area contributed by atoms with Crippen LogP contribution in [0.2, 0.25) is 0 Å². The van der Waals surface area contributed by atoms with E-state index >= 15 is 0 Å². The quantitative estimate of drug-likeness (QED) is 0.765. The molecule has 2 aliphatic heterocycles. The number of amides is 2. The number of nitrogens with zero attached hydrogens (tertiary/aromatic N) is 2. The van der Waals surface area contributed by atoms with Crippen molar-refractivity contribution in [2.45, 2.75) is 56.4 Å². The number of hydrogen-bond donors (Lipinski definition) is 1. The Morgan fingerprint density at radius 1 is 1.17 bits per heavy atom. The average Bonchev–Trinajstić information content (AvgIpc) is 3.26. The van der Waals surface area contributed by atoms with E-state index in [-0.39, 0.29) is 29.8 Å². The van der Waals surface area contributed by atoms with E-state index in [1.165, 1.54) is 42.1 Å². The highest BCUT2D eigenvalue weighted by Crippen LogP contribution is 2.33. The smallest absolute Gasteiger partial charge is 0.265 e. The summed E-state index contributed by atoms with van der Waals surface area (Å²) in [4.78, 5) is 26.2. The van der Waals surface area contributed by atoms with E-state index in [9.17, 15) is 18.0 Å². The van der Waals surface area contributed by atoms with Crippen LogP contribution < -0.4 is 10.1 Å². The molecule has 1 saturated carbocycles. The van der Waals surface area contributed by atoms with Crippen molar-refractivity contribution in [3.05, 3.63) is 18.2 Å². The van der Waals surface area contributed by atoms with Gasteiger partial charge in [0.2, 0.25) is 15.9 Å². The average molecular weight is 436 g/mol. The second kappa shape index (κ2) is 8.55. The summed E-state index contributed by atoms with van der Waals surface area (Å²) in [5.41, 5.74) is 0.361. The summed E-state index contributed by atoms with van der Waals surface area (Å²) in [5.74, 6) is 0.953. The van der Waals surface area contributed by atoms with E-state index in [1.54, 1.807) is 17.9 Å². The highest BCUT2D eigenvalue weighted by Gasteiger charge is 2.32. The summed E-state index contributed by atoms with van der Waals surface area (Å²) in [6.07, 6.45) is 5.88. The third-order valence-corrected chi connectivity index (χ3v) is 8.25. The number of benzene rings is 1. The summed E-state index contributed by atoms with van der Waals surface area (Å²) in [6, 6.07) is 4.51. The van der Waals surface area contributed by atoms with E-state index in [0.29, 0.717) is 36.9 Å². The molecule has 1 aromatic rings. The molecule has 2 heterocycles. The Balaban J connectivity index is 1.36. The number of carbonyl (C=O) groups is 2. The molecule has 1 aliphatic carbocycles. The molecule has 30 heavy (non-hydrogen) atoms. The van der Waals surface area contributed by atoms with E-state index in [0.717, 1.165) is 6.42 Å². The molecule has 0 spiro atoms. The first kappa shape index (κ1) is 21.1. The van der Waals surface area contributed by atoms with Gasteiger partial charge in [0.05, 0.1) is 10.6 Å². The predicted molar refractivity (Wildman–Crippen MR) is 112 cm³/mol. The van der Waals surface area contributed by atoms with Gasteiger partial charge in [0.25, 0.3) is 5.91 Å². The van der Waals surface area contributed by atoms with Gasteiger partial charge in [0.1, 0.15) is 5.75 Å². The summed E-state index contributed by atoms with van der Waals surface area (Å²) < 4.78 is 33.0. The lowest BCUT2D eigenvalue weighted by Gasteiger charge is -2.34. The van der Waals surface area contributed by atoms with Gasteiger partial charge in [-0.05, 0) is 37.5 Å². The standard InChI is InChI=1S/C21H29N3O5S/c1-15-21(26)22-18-14-17(7-8-19(18)29-15)30(27,28)24-12-10-23(11-13-24)20(25)9-6-16-4-2-3-5-16/h7-8,14-16H,2-6,9-13H2,1H3,(H,22,26)/t15-/m0/s1. The first-order valence-corrected chi connectivity index (χ1v) is 12.2. The highest BCUT2D eigenvalue weighted by atomic mass is 32.2. The van der Waals surface area contributed by atoms with E-state index in [2.05, 4.69) is 5.32 Å². The monoisotopic (exact) mass is 435 g/mol. The summed E-state index contributed by atoms with van der Waals surface area (Å²) in [7, 11) is -3.71. The number of anilines is 1. The van der Waals surface area contributed by atoms with Crippen molar-refractivity contribution in [1.29, 1.82) is 0 Å². The van der Waals surface area contributed by atoms with Gasteiger partial charge in [-0.3, -0.25) is 9.59 Å². The fraction of sp³-hybridized carbons (Fsp3) is 0.619. The minimum atomic E-state index is -3.71. The lowest BCUT2D eigenvalue weighted by Crippen LogP contribution is -2.50. The van der Waals surface area contributed by atoms with Gasteiger partial charge in [-0.2, -0.15) is 4.31 Å². The van der Waals surface area contributed by atoms with Gasteiger partial charge in [-0.1, -0.05) is 25.7 Å². The fourth-order valence-electron chi connectivity index (χ4n) is 4.46. The van der Waals surface area contributed by atoms with E-state index in [4.69, 9.17) is 4.74 Å². The van der Waals surface area contributed by atoms with Crippen LogP contribution in [0.25, 0.3) is 0 Å². The molecule has 9 heteroatoms. The lowest BCUT2D eigenvalue weighted by atomic mass is 10.0. The Labute approximate surface area is 177 Å². The maximum absolute atomic E-state index is 13.1. The summed E-state index contributed by atoms with van der Waals surface area (Å²) >= 11 is 0. The molecule has 1 atom stereocenters. The molecule has 1 N–H and O–H groups in total. The first-order chi connectivity index (χ1) is 14.3. The summed E-state index contributed by atoms with van der Waals surface area (Å²) in [6.45, 7) is 3.00. The van der Waals surface area contributed by atoms with Crippen LogP contribution >= 0.6 is 0 Å². The molecule has 4 rings (SSSR count). The molecule has 0 bridgehead atoms. The molecule has 0 radical (unpaired) electrons. The molecule has 2 fully saturated rings. The van der Waals surface area contributed by atoms with E-state index < -0.39 is 16.1 Å². The molecule has 3 aliphatic rings. The molecule has 1 saturated heterocycles. The predicted octanol–water partition coefficient (Wildman–Crippen LogP) is 2.21. The van der Waals surface area contributed by atoms with Crippen LogP contribution in [0.1, 0.15) is 45.4 Å². The lowest BCUT2D eigenvalue weighted by molar-refractivity contribution is -0.132. The Morgan fingerprint density at radius 2 is 1.87 bits per heavy atom. The SMILES string of the molecule is C[C@@H]1Oc2ccc(S(=O)(=O)N3CCN(C(=O)CCC4CCCC4)CC3)cc2NC1=O. The molecule has 2 amide bonds. The Bertz CT molecular complexity index is 919. The van der Waals surface area contributed by atoms with Crippen LogP contribution in [0.4, 0.5) is 5.69 Å². The first-order valence-electron chi connectivity index (χ1n) is 10.7. The minimum Gasteiger partial charge on any atom is -0.479 e. The van der Waals surface area contributed by atoms with Crippen molar-refractivity contribution in [3.63, 3.8) is 0 Å². The van der Waals surface area contributed by atoms with Crippen LogP contribution in [0.5, 0.6) is 5.75 Å². The van der Waals surface area contributed by atoms with E-state index in [1.807, 2.05) is 0 Å². The molecule has 0 aromatic heterocycles. The molecular formula is C21H29N3O5S. The van der Waals surface area contributed by atoms with Crippen molar-refractivity contribution in [3.8, 4) is 5.75 Å². The number of nitrogens with one attached hydrogen (secondary N) is 1. The molecule has 164 valence electrons. The summed E-state index contributed by atoms with van der Waals surface area (Å²) in [5, 5.41) is 2.68. The number of hydrogen-bond acceptors (Lipinski definition) is 5. The normalized spacial score (nSPS) is 23.0. The van der Waals surface area contributed by atoms with Crippen LogP contribution in [-0.4, -0.2) is 61.7 Å². The Morgan fingerprint density at radius 3 is 2.57 bits per heavy atom. The van der Waals surface area contributed by atoms with Gasteiger partial charge >= 0.3 is 0 Å². The largest absolute Gasteiger partial charge is 0.479 e. The van der Waals surface area contributed by atoms with Crippen molar-refractivity contribution >= 4 is 27.5 Å². The number of sulfonamides is 1. The maximum Gasteiger partial charge on any atom is 0.265 e. The molecule has 1 aromatic carbocycles. The van der Waals surface area contributed by atoms with Crippen LogP contribution in [0.15, 0.2) is 23.1 Å². The second-order valence-corrected chi connectivity index (χ2v) is 10.3. The number of carbonyl (C=O) groups excluding carboxylic acids is 2. The third kappa shape index (κ3) is 4.32. The van der Waals surface area contributed by atoms with Gasteiger partial charge in [-0.15, -0.1) is 0 Å².